The maximum atomic E-state index is 13.3. The molecule has 0 saturated carbocycles. The molecule has 0 bridgehead atoms. The molecule has 7 heteroatoms. The molecule has 140 valence electrons. The van der Waals surface area contributed by atoms with E-state index in [1.165, 1.54) is 36.3 Å². The Labute approximate surface area is 156 Å². The van der Waals surface area contributed by atoms with Crippen LogP contribution in [-0.2, 0) is 9.59 Å². The molecule has 0 saturated heterocycles. The molecule has 0 aromatic heterocycles. The zero-order valence-corrected chi connectivity index (χ0v) is 15.0. The number of anilines is 1. The molecule has 1 aliphatic heterocycles. The molecule has 2 amide bonds. The Morgan fingerprint density at radius 1 is 1.11 bits per heavy atom. The topological polar surface area (TPSA) is 70.1 Å². The zero-order chi connectivity index (χ0) is 19.6. The fraction of sp³-hybridized carbons (Fsp3) is 0.200. The van der Waals surface area contributed by atoms with E-state index >= 15 is 0 Å². The number of hydrogen-bond acceptors (Lipinski definition) is 5. The van der Waals surface area contributed by atoms with E-state index in [-0.39, 0.29) is 24.4 Å². The van der Waals surface area contributed by atoms with Crippen LogP contribution in [0.1, 0.15) is 5.56 Å². The van der Waals surface area contributed by atoms with Crippen LogP contribution in [0.2, 0.25) is 0 Å². The van der Waals surface area contributed by atoms with Gasteiger partial charge in [0.1, 0.15) is 17.3 Å². The molecule has 1 heterocycles. The van der Waals surface area contributed by atoms with E-state index < -0.39 is 17.6 Å². The number of methoxy groups -OCH3 is 1. The molecular weight excluding hydrogens is 351 g/mol. The third kappa shape index (κ3) is 3.41. The predicted octanol–water partition coefficient (Wildman–Crippen LogP) is 2.04. The number of hydrogen-bond donors (Lipinski definition) is 1. The summed E-state index contributed by atoms with van der Waals surface area (Å²) in [6, 6.07) is 12.0. The monoisotopic (exact) mass is 370 g/mol. The van der Waals surface area contributed by atoms with Gasteiger partial charge in [0.05, 0.1) is 25.0 Å². The lowest BCUT2D eigenvalue weighted by molar-refractivity contribution is -0.120. The Balaban J connectivity index is 2.11. The van der Waals surface area contributed by atoms with Gasteiger partial charge in [0.15, 0.2) is 0 Å². The summed E-state index contributed by atoms with van der Waals surface area (Å²) in [5.74, 6) is -0.956. The normalized spacial score (nSPS) is 14.1. The van der Waals surface area contributed by atoms with E-state index in [0.29, 0.717) is 17.0 Å². The van der Waals surface area contributed by atoms with Gasteiger partial charge in [-0.25, -0.2) is 9.29 Å². The lowest BCUT2D eigenvalue weighted by Crippen LogP contribution is -2.34. The molecule has 0 fully saturated rings. The SMILES string of the molecule is COc1cccc(N2C(=O)C(c3ccc(F)cc3)=C(N(C)CCO)C2=O)c1. The number of aliphatic hydroxyl groups is 1. The number of carbonyl (C=O) groups excluding carboxylic acids is 2. The van der Waals surface area contributed by atoms with E-state index in [0.717, 1.165) is 4.90 Å². The second-order valence-electron chi connectivity index (χ2n) is 6.02. The first-order chi connectivity index (χ1) is 13.0. The first kappa shape index (κ1) is 18.6. The molecule has 2 aromatic rings. The molecule has 0 atom stereocenters. The number of imide groups is 1. The van der Waals surface area contributed by atoms with Crippen LogP contribution in [0.4, 0.5) is 10.1 Å². The van der Waals surface area contributed by atoms with Gasteiger partial charge in [-0.15, -0.1) is 0 Å². The number of ether oxygens (including phenoxy) is 1. The summed E-state index contributed by atoms with van der Waals surface area (Å²) < 4.78 is 18.5. The molecule has 1 aliphatic rings. The molecule has 0 unspecified atom stereocenters. The Kier molecular flexibility index (Phi) is 5.23. The molecule has 3 rings (SSSR count). The highest BCUT2D eigenvalue weighted by Crippen LogP contribution is 2.35. The Bertz CT molecular complexity index is 908. The molecule has 0 spiro atoms. The first-order valence-corrected chi connectivity index (χ1v) is 8.33. The summed E-state index contributed by atoms with van der Waals surface area (Å²) in [5, 5.41) is 9.25. The minimum Gasteiger partial charge on any atom is -0.497 e. The maximum Gasteiger partial charge on any atom is 0.282 e. The minimum atomic E-state index is -0.514. The second kappa shape index (κ2) is 7.59. The van der Waals surface area contributed by atoms with Crippen molar-refractivity contribution < 1.29 is 23.8 Å². The van der Waals surface area contributed by atoms with Crippen LogP contribution in [0.5, 0.6) is 5.75 Å². The summed E-state index contributed by atoms with van der Waals surface area (Å²) in [7, 11) is 3.12. The van der Waals surface area contributed by atoms with Gasteiger partial charge >= 0.3 is 0 Å². The highest BCUT2D eigenvalue weighted by Gasteiger charge is 2.41. The van der Waals surface area contributed by atoms with Crippen molar-refractivity contribution in [1.82, 2.24) is 4.90 Å². The van der Waals surface area contributed by atoms with Gasteiger partial charge in [0.25, 0.3) is 11.8 Å². The molecule has 2 aromatic carbocycles. The van der Waals surface area contributed by atoms with Gasteiger partial charge in [-0.2, -0.15) is 0 Å². The summed E-state index contributed by atoms with van der Waals surface area (Å²) in [4.78, 5) is 28.8. The fourth-order valence-electron chi connectivity index (χ4n) is 2.99. The Morgan fingerprint density at radius 3 is 2.44 bits per heavy atom. The van der Waals surface area contributed by atoms with Crippen LogP contribution >= 0.6 is 0 Å². The van der Waals surface area contributed by atoms with Crippen LogP contribution in [-0.4, -0.2) is 49.1 Å². The lowest BCUT2D eigenvalue weighted by atomic mass is 10.0. The predicted molar refractivity (Wildman–Crippen MR) is 98.5 cm³/mol. The third-order valence-electron chi connectivity index (χ3n) is 4.32. The molecule has 6 nitrogen and oxygen atoms in total. The average molecular weight is 370 g/mol. The average Bonchev–Trinajstić information content (AvgIpc) is 2.93. The number of amides is 2. The smallest absolute Gasteiger partial charge is 0.282 e. The number of aliphatic hydroxyl groups excluding tert-OH is 1. The van der Waals surface area contributed by atoms with Crippen molar-refractivity contribution in [2.24, 2.45) is 0 Å². The van der Waals surface area contributed by atoms with E-state index in [1.54, 1.807) is 31.3 Å². The lowest BCUT2D eigenvalue weighted by Gasteiger charge is -2.20. The van der Waals surface area contributed by atoms with Crippen LogP contribution < -0.4 is 9.64 Å². The number of benzene rings is 2. The maximum absolute atomic E-state index is 13.3. The van der Waals surface area contributed by atoms with Crippen LogP contribution in [0.25, 0.3) is 5.57 Å². The summed E-state index contributed by atoms with van der Waals surface area (Å²) >= 11 is 0. The fourth-order valence-corrected chi connectivity index (χ4v) is 2.99. The molecule has 1 N–H and O–H groups in total. The molecule has 0 radical (unpaired) electrons. The van der Waals surface area contributed by atoms with E-state index in [4.69, 9.17) is 4.74 Å². The molecular formula is C20H19FN2O4. The van der Waals surface area contributed by atoms with Gasteiger partial charge in [0.2, 0.25) is 0 Å². The van der Waals surface area contributed by atoms with Crippen molar-refractivity contribution in [2.75, 3.05) is 32.2 Å². The van der Waals surface area contributed by atoms with Gasteiger partial charge in [-0.1, -0.05) is 18.2 Å². The van der Waals surface area contributed by atoms with Crippen molar-refractivity contribution in [3.8, 4) is 5.75 Å². The highest BCUT2D eigenvalue weighted by atomic mass is 19.1. The van der Waals surface area contributed by atoms with Crippen LogP contribution in [0.3, 0.4) is 0 Å². The van der Waals surface area contributed by atoms with Crippen LogP contribution in [0, 0.1) is 5.82 Å². The van der Waals surface area contributed by atoms with E-state index in [2.05, 4.69) is 0 Å². The Morgan fingerprint density at radius 2 is 1.81 bits per heavy atom. The van der Waals surface area contributed by atoms with Crippen molar-refractivity contribution in [3.63, 3.8) is 0 Å². The van der Waals surface area contributed by atoms with Crippen molar-refractivity contribution >= 4 is 23.1 Å². The number of nitrogens with zero attached hydrogens (tertiary/aromatic N) is 2. The number of rotatable bonds is 6. The number of carbonyl (C=O) groups is 2. The number of likely N-dealkylation sites (N-methyl/N-ethyl adjacent to an activating group) is 1. The summed E-state index contributed by atoms with van der Waals surface area (Å²) in [6.45, 7) is -0.0116. The van der Waals surface area contributed by atoms with Gasteiger partial charge in [-0.05, 0) is 29.8 Å². The number of halogens is 1. The molecule has 27 heavy (non-hydrogen) atoms. The largest absolute Gasteiger partial charge is 0.497 e. The van der Waals surface area contributed by atoms with Crippen molar-refractivity contribution in [1.29, 1.82) is 0 Å². The van der Waals surface area contributed by atoms with Crippen molar-refractivity contribution in [3.05, 3.63) is 65.6 Å². The first-order valence-electron chi connectivity index (χ1n) is 8.33. The van der Waals surface area contributed by atoms with Gasteiger partial charge in [0, 0.05) is 19.7 Å². The van der Waals surface area contributed by atoms with Crippen molar-refractivity contribution in [2.45, 2.75) is 0 Å². The third-order valence-corrected chi connectivity index (χ3v) is 4.32. The molecule has 0 aliphatic carbocycles. The minimum absolute atomic E-state index is 0.156. The Hall–Kier alpha value is -3.19. The highest BCUT2D eigenvalue weighted by molar-refractivity contribution is 6.45. The van der Waals surface area contributed by atoms with Gasteiger partial charge < -0.3 is 14.7 Å². The van der Waals surface area contributed by atoms with Gasteiger partial charge in [-0.3, -0.25) is 9.59 Å². The van der Waals surface area contributed by atoms with E-state index in [1.807, 2.05) is 0 Å². The van der Waals surface area contributed by atoms with E-state index in [9.17, 15) is 19.1 Å². The summed E-state index contributed by atoms with van der Waals surface area (Å²) in [6.07, 6.45) is 0. The standard InChI is InChI=1S/C20H19FN2O4/c1-22(10-11-24)18-17(13-6-8-14(21)9-7-13)19(25)23(20(18)26)15-4-3-5-16(12-15)27-2/h3-9,12,24H,10-11H2,1-2H3. The quantitative estimate of drug-likeness (QED) is 0.788. The zero-order valence-electron chi connectivity index (χ0n) is 15.0. The van der Waals surface area contributed by atoms with Crippen LogP contribution in [0.15, 0.2) is 54.2 Å². The summed E-state index contributed by atoms with van der Waals surface area (Å²) in [5.41, 5.74) is 1.12. The second-order valence-corrected chi connectivity index (χ2v) is 6.02.